The number of hydrogen-bond donors (Lipinski definition) is 1. The molecule has 2 aromatic rings. The Kier molecular flexibility index (Phi) is 12.1. The molecule has 2 rings (SSSR count). The molecule has 1 N–H and O–H groups in total. The second kappa shape index (κ2) is 14.8. The van der Waals surface area contributed by atoms with E-state index < -0.39 is 0 Å². The van der Waals surface area contributed by atoms with Gasteiger partial charge in [-0.05, 0) is 61.6 Å². The average molecular weight is 548 g/mol. The summed E-state index contributed by atoms with van der Waals surface area (Å²) in [7, 11) is 1.66. The van der Waals surface area contributed by atoms with E-state index in [0.29, 0.717) is 29.6 Å². The highest BCUT2D eigenvalue weighted by Gasteiger charge is 2.17. The average Bonchev–Trinajstić information content (AvgIpc) is 2.84. The minimum Gasteiger partial charge on any atom is -0.385 e. The number of ether oxygens (including phenoxy) is 1. The molecule has 0 aliphatic rings. The van der Waals surface area contributed by atoms with Gasteiger partial charge in [-0.15, -0.1) is 0 Å². The summed E-state index contributed by atoms with van der Waals surface area (Å²) >= 11 is 6.28. The highest BCUT2D eigenvalue weighted by atomic mass is 79.9. The van der Waals surface area contributed by atoms with Crippen molar-refractivity contribution in [3.63, 3.8) is 0 Å². The topological polar surface area (TPSA) is 77.7 Å². The fourth-order valence-corrected chi connectivity index (χ4v) is 4.21. The second-order valence-electron chi connectivity index (χ2n) is 6.77. The van der Waals surface area contributed by atoms with Crippen LogP contribution in [0, 0.1) is 11.3 Å². The number of carbonyl (C=O) groups excluding carboxylic acids is 1. The number of amidine groups is 1. The Morgan fingerprint density at radius 3 is 2.52 bits per heavy atom. The number of nitrogens with one attached hydrogen (secondary N) is 1. The number of nitrogens with zero attached hydrogens (tertiary/aromatic N) is 3. The number of hydrogen-bond acceptors (Lipinski definition) is 6. The zero-order valence-electron chi connectivity index (χ0n) is 18.9. The van der Waals surface area contributed by atoms with E-state index in [1.54, 1.807) is 32.2 Å². The summed E-state index contributed by atoms with van der Waals surface area (Å²) in [5, 5.41) is 9.83. The molecule has 0 unspecified atom stereocenters. The number of anilines is 1. The number of aliphatic imine (C=N–C) groups is 1. The van der Waals surface area contributed by atoms with Crippen LogP contribution in [0.3, 0.4) is 0 Å². The van der Waals surface area contributed by atoms with Gasteiger partial charge in [0, 0.05) is 29.6 Å². The summed E-state index contributed by atoms with van der Waals surface area (Å²) < 4.78 is 8.89. The highest BCUT2D eigenvalue weighted by molar-refractivity contribution is 9.10. The predicted molar refractivity (Wildman–Crippen MR) is 143 cm³/mol. The van der Waals surface area contributed by atoms with Crippen LogP contribution in [0.4, 0.5) is 5.69 Å². The summed E-state index contributed by atoms with van der Waals surface area (Å²) in [5.41, 5.74) is 2.90. The fraction of sp³-hybridized carbons (Fsp3) is 0.292. The molecular formula is C24H27BrN4O2S2. The van der Waals surface area contributed by atoms with Gasteiger partial charge >= 0.3 is 0 Å². The number of amides is 1. The van der Waals surface area contributed by atoms with Gasteiger partial charge < -0.3 is 9.64 Å². The molecule has 0 heterocycles. The number of halogens is 1. The van der Waals surface area contributed by atoms with Crippen LogP contribution < -0.4 is 9.62 Å². The minimum absolute atomic E-state index is 0.241. The molecule has 0 radical (unpaired) electrons. The maximum absolute atomic E-state index is 12.7. The van der Waals surface area contributed by atoms with E-state index in [1.165, 1.54) is 23.7 Å². The molecule has 0 aromatic heterocycles. The summed E-state index contributed by atoms with van der Waals surface area (Å²) in [6.45, 7) is 3.01. The van der Waals surface area contributed by atoms with Crippen LogP contribution in [0.1, 0.15) is 24.5 Å². The maximum Gasteiger partial charge on any atom is 0.279 e. The van der Waals surface area contributed by atoms with Crippen LogP contribution in [0.15, 0.2) is 69.8 Å². The Morgan fingerprint density at radius 1 is 1.24 bits per heavy atom. The zero-order chi connectivity index (χ0) is 24.1. The van der Waals surface area contributed by atoms with E-state index in [2.05, 4.69) is 26.7 Å². The third-order valence-electron chi connectivity index (χ3n) is 4.46. The van der Waals surface area contributed by atoms with E-state index in [9.17, 15) is 4.79 Å². The monoisotopic (exact) mass is 546 g/mol. The van der Waals surface area contributed by atoms with E-state index in [4.69, 9.17) is 15.0 Å². The van der Waals surface area contributed by atoms with Gasteiger partial charge in [0.1, 0.15) is 5.70 Å². The third-order valence-corrected chi connectivity index (χ3v) is 6.49. The van der Waals surface area contributed by atoms with Crippen molar-refractivity contribution >= 4 is 56.4 Å². The SMILES string of the molecule is C/C=C(/N=C(SC)N(Cc1ccc(Br)cc1)c1ccc(C#N)cc1)C(=O)NSCCCOC. The van der Waals surface area contributed by atoms with Crippen molar-refractivity contribution in [2.24, 2.45) is 4.99 Å². The lowest BCUT2D eigenvalue weighted by atomic mass is 10.2. The molecule has 1 amide bonds. The van der Waals surface area contributed by atoms with Gasteiger partial charge in [-0.1, -0.05) is 57.8 Å². The standard InChI is InChI=1S/C24H27BrN4O2S2/c1-4-22(23(30)28-33-15-5-14-31-2)27-24(32-3)29(17-19-6-10-20(25)11-7-19)21-12-8-18(16-26)9-13-21/h4,6-13H,5,14-15,17H2,1-3H3,(H,28,30)/b22-4+,27-24?. The van der Waals surface area contributed by atoms with E-state index in [1.807, 2.05) is 47.6 Å². The van der Waals surface area contributed by atoms with Crippen LogP contribution in [0.2, 0.25) is 0 Å². The Morgan fingerprint density at radius 2 is 1.94 bits per heavy atom. The number of allylic oxidation sites excluding steroid dienone is 1. The first kappa shape index (κ1) is 27.0. The smallest absolute Gasteiger partial charge is 0.279 e. The molecule has 0 saturated heterocycles. The predicted octanol–water partition coefficient (Wildman–Crippen LogP) is 5.75. The Balaban J connectivity index is 2.30. The number of nitriles is 1. The van der Waals surface area contributed by atoms with Crippen molar-refractivity contribution in [1.82, 2.24) is 4.72 Å². The van der Waals surface area contributed by atoms with Gasteiger partial charge in [0.2, 0.25) is 0 Å². The number of rotatable bonds is 10. The largest absolute Gasteiger partial charge is 0.385 e. The zero-order valence-corrected chi connectivity index (χ0v) is 22.1. The molecule has 0 aliphatic carbocycles. The minimum atomic E-state index is -0.241. The molecular weight excluding hydrogens is 520 g/mol. The van der Waals surface area contributed by atoms with E-state index >= 15 is 0 Å². The van der Waals surface area contributed by atoms with Gasteiger partial charge in [0.05, 0.1) is 18.2 Å². The van der Waals surface area contributed by atoms with Crippen LogP contribution in [-0.2, 0) is 16.1 Å². The Labute approximate surface area is 212 Å². The molecule has 174 valence electrons. The quantitative estimate of drug-likeness (QED) is 0.134. The number of benzene rings is 2. The van der Waals surface area contributed by atoms with Crippen molar-refractivity contribution in [2.45, 2.75) is 19.9 Å². The van der Waals surface area contributed by atoms with E-state index in [-0.39, 0.29) is 5.91 Å². The van der Waals surface area contributed by atoms with Crippen molar-refractivity contribution in [3.05, 3.63) is 75.9 Å². The van der Waals surface area contributed by atoms with Crippen LogP contribution >= 0.6 is 39.6 Å². The lowest BCUT2D eigenvalue weighted by molar-refractivity contribution is -0.115. The molecule has 9 heteroatoms. The molecule has 33 heavy (non-hydrogen) atoms. The molecule has 0 atom stereocenters. The Hall–Kier alpha value is -2.25. The van der Waals surface area contributed by atoms with Crippen molar-refractivity contribution in [3.8, 4) is 6.07 Å². The summed E-state index contributed by atoms with van der Waals surface area (Å²) in [4.78, 5) is 19.4. The summed E-state index contributed by atoms with van der Waals surface area (Å²) in [6, 6.07) is 17.6. The van der Waals surface area contributed by atoms with Crippen LogP contribution in [0.25, 0.3) is 0 Å². The summed E-state index contributed by atoms with van der Waals surface area (Å²) in [5.74, 6) is 0.520. The summed E-state index contributed by atoms with van der Waals surface area (Å²) in [6.07, 6.45) is 4.49. The van der Waals surface area contributed by atoms with Gasteiger partial charge in [-0.25, -0.2) is 4.99 Å². The number of carbonyl (C=O) groups is 1. The maximum atomic E-state index is 12.7. The molecule has 0 saturated carbocycles. The van der Waals surface area contributed by atoms with Crippen LogP contribution in [0.5, 0.6) is 0 Å². The second-order valence-corrected chi connectivity index (χ2v) is 9.36. The molecule has 0 aliphatic heterocycles. The lowest BCUT2D eigenvalue weighted by Gasteiger charge is -2.26. The van der Waals surface area contributed by atoms with Gasteiger partial charge in [0.15, 0.2) is 5.17 Å². The number of methoxy groups -OCH3 is 1. The highest BCUT2D eigenvalue weighted by Crippen LogP contribution is 2.24. The first-order valence-corrected chi connectivity index (χ1v) is 13.2. The molecule has 0 bridgehead atoms. The molecule has 6 nitrogen and oxygen atoms in total. The first-order valence-electron chi connectivity index (χ1n) is 10.2. The molecule has 0 spiro atoms. The normalized spacial score (nSPS) is 11.7. The fourth-order valence-electron chi connectivity index (χ4n) is 2.77. The molecule has 2 aromatic carbocycles. The first-order chi connectivity index (χ1) is 16.0. The van der Waals surface area contributed by atoms with Crippen LogP contribution in [-0.4, -0.2) is 36.8 Å². The van der Waals surface area contributed by atoms with Crippen molar-refractivity contribution in [1.29, 1.82) is 5.26 Å². The Bertz CT molecular complexity index is 1000. The van der Waals surface area contributed by atoms with Gasteiger partial charge in [-0.2, -0.15) is 5.26 Å². The van der Waals surface area contributed by atoms with Gasteiger partial charge in [0.25, 0.3) is 5.91 Å². The van der Waals surface area contributed by atoms with Crippen molar-refractivity contribution < 1.29 is 9.53 Å². The third kappa shape index (κ3) is 8.89. The van der Waals surface area contributed by atoms with Gasteiger partial charge in [-0.3, -0.25) is 9.52 Å². The lowest BCUT2D eigenvalue weighted by Crippen LogP contribution is -2.29. The van der Waals surface area contributed by atoms with E-state index in [0.717, 1.165) is 27.9 Å². The van der Waals surface area contributed by atoms with Crippen molar-refractivity contribution in [2.75, 3.05) is 30.6 Å². The molecule has 0 fully saturated rings. The number of thioether (sulfide) groups is 1.